The number of thiazole rings is 1. The predicted octanol–water partition coefficient (Wildman–Crippen LogP) is 2.57. The summed E-state index contributed by atoms with van der Waals surface area (Å²) in [6.07, 6.45) is 5.09. The number of aryl methyl sites for hydroxylation is 3. The van der Waals surface area contributed by atoms with Crippen molar-refractivity contribution in [3.63, 3.8) is 0 Å². The minimum Gasteiger partial charge on any atom is -0.456 e. The SMILES string of the molecule is Cc1nc2c(s1)C(OC(=O)CCn1cc([N+](=O)[O-])cn1)CCC2. The van der Waals surface area contributed by atoms with Crippen LogP contribution in [0.15, 0.2) is 12.4 Å². The number of carbonyl (C=O) groups excluding carboxylic acids is 1. The lowest BCUT2D eigenvalue weighted by Crippen LogP contribution is -2.17. The maximum Gasteiger partial charge on any atom is 0.308 e. The summed E-state index contributed by atoms with van der Waals surface area (Å²) in [4.78, 5) is 27.6. The fraction of sp³-hybridized carbons (Fsp3) is 0.500. The summed E-state index contributed by atoms with van der Waals surface area (Å²) in [7, 11) is 0. The second-order valence-electron chi connectivity index (χ2n) is 5.38. The Morgan fingerprint density at radius 2 is 2.43 bits per heavy atom. The van der Waals surface area contributed by atoms with Crippen molar-refractivity contribution in [3.05, 3.63) is 38.1 Å². The van der Waals surface area contributed by atoms with Crippen LogP contribution in [-0.2, 0) is 22.5 Å². The number of aromatic nitrogens is 3. The molecular weight excluding hydrogens is 320 g/mol. The molecule has 2 aromatic rings. The molecule has 0 aromatic carbocycles. The number of carbonyl (C=O) groups is 1. The standard InChI is InChI=1S/C14H16N4O4S/c1-9-16-11-3-2-4-12(14(11)23-9)22-13(19)5-6-17-8-10(7-15-17)18(20)21/h7-8,12H,2-6H2,1H3. The molecule has 0 aliphatic heterocycles. The monoisotopic (exact) mass is 336 g/mol. The summed E-state index contributed by atoms with van der Waals surface area (Å²) in [5, 5.41) is 15.4. The lowest BCUT2D eigenvalue weighted by Gasteiger charge is -2.21. The highest BCUT2D eigenvalue weighted by molar-refractivity contribution is 7.11. The molecule has 0 radical (unpaired) electrons. The van der Waals surface area contributed by atoms with Crippen LogP contribution in [0.5, 0.6) is 0 Å². The minimum absolute atomic E-state index is 0.0876. The summed E-state index contributed by atoms with van der Waals surface area (Å²) < 4.78 is 6.94. The first-order valence-electron chi connectivity index (χ1n) is 7.35. The van der Waals surface area contributed by atoms with Gasteiger partial charge in [-0.05, 0) is 26.2 Å². The molecule has 0 spiro atoms. The first kappa shape index (κ1) is 15.6. The molecule has 1 aliphatic carbocycles. The number of esters is 1. The molecule has 2 heterocycles. The Balaban J connectivity index is 1.56. The third kappa shape index (κ3) is 3.55. The Morgan fingerprint density at radius 1 is 1.61 bits per heavy atom. The number of nitrogens with zero attached hydrogens (tertiary/aromatic N) is 4. The van der Waals surface area contributed by atoms with E-state index in [0.29, 0.717) is 0 Å². The smallest absolute Gasteiger partial charge is 0.308 e. The van der Waals surface area contributed by atoms with Gasteiger partial charge >= 0.3 is 11.7 Å². The van der Waals surface area contributed by atoms with Crippen molar-refractivity contribution in [1.29, 1.82) is 0 Å². The molecule has 3 rings (SSSR count). The minimum atomic E-state index is -0.516. The second kappa shape index (κ2) is 6.45. The molecule has 0 saturated heterocycles. The van der Waals surface area contributed by atoms with E-state index in [1.807, 2.05) is 6.92 Å². The highest BCUT2D eigenvalue weighted by Crippen LogP contribution is 2.36. The summed E-state index contributed by atoms with van der Waals surface area (Å²) in [5.74, 6) is -0.327. The van der Waals surface area contributed by atoms with Gasteiger partial charge in [0.2, 0.25) is 0 Å². The molecule has 1 unspecified atom stereocenters. The van der Waals surface area contributed by atoms with Crippen molar-refractivity contribution in [3.8, 4) is 0 Å². The molecule has 122 valence electrons. The normalized spacial score (nSPS) is 16.8. The van der Waals surface area contributed by atoms with Gasteiger partial charge in [-0.1, -0.05) is 0 Å². The Hall–Kier alpha value is -2.29. The number of rotatable bonds is 5. The van der Waals surface area contributed by atoms with Gasteiger partial charge in [0.25, 0.3) is 0 Å². The van der Waals surface area contributed by atoms with Gasteiger partial charge < -0.3 is 4.74 Å². The molecule has 0 fully saturated rings. The van der Waals surface area contributed by atoms with E-state index >= 15 is 0 Å². The van der Waals surface area contributed by atoms with E-state index in [9.17, 15) is 14.9 Å². The molecule has 0 saturated carbocycles. The fourth-order valence-corrected chi connectivity index (χ4v) is 3.64. The van der Waals surface area contributed by atoms with E-state index in [1.165, 1.54) is 17.1 Å². The van der Waals surface area contributed by atoms with Crippen LogP contribution in [0.3, 0.4) is 0 Å². The zero-order valence-corrected chi connectivity index (χ0v) is 13.4. The summed E-state index contributed by atoms with van der Waals surface area (Å²) in [5.41, 5.74) is 0.953. The van der Waals surface area contributed by atoms with Gasteiger partial charge in [-0.25, -0.2) is 4.98 Å². The average Bonchev–Trinajstić information content (AvgIpc) is 3.11. The molecule has 0 amide bonds. The highest BCUT2D eigenvalue weighted by atomic mass is 32.1. The van der Waals surface area contributed by atoms with E-state index in [1.54, 1.807) is 11.3 Å². The van der Waals surface area contributed by atoms with Crippen molar-refractivity contribution in [2.45, 2.75) is 45.3 Å². The van der Waals surface area contributed by atoms with Crippen LogP contribution >= 0.6 is 11.3 Å². The molecule has 23 heavy (non-hydrogen) atoms. The van der Waals surface area contributed by atoms with Crippen LogP contribution in [0, 0.1) is 17.0 Å². The Morgan fingerprint density at radius 3 is 3.17 bits per heavy atom. The van der Waals surface area contributed by atoms with E-state index in [2.05, 4.69) is 10.1 Å². The van der Waals surface area contributed by atoms with Crippen LogP contribution < -0.4 is 0 Å². The molecule has 1 atom stereocenters. The Kier molecular flexibility index (Phi) is 4.37. The van der Waals surface area contributed by atoms with Gasteiger partial charge in [0.05, 0.1) is 33.5 Å². The molecular formula is C14H16N4O4S. The molecule has 0 bridgehead atoms. The zero-order chi connectivity index (χ0) is 16.4. The third-order valence-corrected chi connectivity index (χ3v) is 4.76. The van der Waals surface area contributed by atoms with E-state index in [0.717, 1.165) is 34.8 Å². The molecule has 8 nitrogen and oxygen atoms in total. The maximum absolute atomic E-state index is 12.0. The fourth-order valence-electron chi connectivity index (χ4n) is 2.61. The van der Waals surface area contributed by atoms with Crippen LogP contribution in [-0.4, -0.2) is 25.7 Å². The van der Waals surface area contributed by atoms with Crippen LogP contribution in [0.4, 0.5) is 5.69 Å². The number of hydrogen-bond acceptors (Lipinski definition) is 7. The lowest BCUT2D eigenvalue weighted by atomic mass is 10.0. The Bertz CT molecular complexity index is 739. The molecule has 2 aromatic heterocycles. The van der Waals surface area contributed by atoms with Gasteiger partial charge in [0.1, 0.15) is 18.5 Å². The quantitative estimate of drug-likeness (QED) is 0.472. The average molecular weight is 336 g/mol. The van der Waals surface area contributed by atoms with E-state index < -0.39 is 4.92 Å². The number of fused-ring (bicyclic) bond motifs is 1. The lowest BCUT2D eigenvalue weighted by molar-refractivity contribution is -0.385. The van der Waals surface area contributed by atoms with Gasteiger partial charge in [0, 0.05) is 0 Å². The number of ether oxygens (including phenoxy) is 1. The summed E-state index contributed by atoms with van der Waals surface area (Å²) >= 11 is 1.58. The predicted molar refractivity (Wildman–Crippen MR) is 82.1 cm³/mol. The van der Waals surface area contributed by atoms with Crippen molar-refractivity contribution in [1.82, 2.24) is 14.8 Å². The topological polar surface area (TPSA) is 100 Å². The van der Waals surface area contributed by atoms with Crippen molar-refractivity contribution in [2.75, 3.05) is 0 Å². The van der Waals surface area contributed by atoms with Crippen LogP contribution in [0.2, 0.25) is 0 Å². The summed E-state index contributed by atoms with van der Waals surface area (Å²) in [6, 6.07) is 0. The molecule has 0 N–H and O–H groups in total. The van der Waals surface area contributed by atoms with Gasteiger partial charge in [-0.2, -0.15) is 5.10 Å². The first-order valence-corrected chi connectivity index (χ1v) is 8.17. The summed E-state index contributed by atoms with van der Waals surface area (Å²) in [6.45, 7) is 2.21. The second-order valence-corrected chi connectivity index (χ2v) is 6.62. The molecule has 1 aliphatic rings. The van der Waals surface area contributed by atoms with E-state index in [4.69, 9.17) is 4.74 Å². The van der Waals surface area contributed by atoms with Crippen molar-refractivity contribution >= 4 is 23.0 Å². The Labute approximate surface area is 136 Å². The van der Waals surface area contributed by atoms with Crippen molar-refractivity contribution < 1.29 is 14.5 Å². The molecule has 9 heteroatoms. The van der Waals surface area contributed by atoms with E-state index in [-0.39, 0.29) is 30.7 Å². The first-order chi connectivity index (χ1) is 11.0. The van der Waals surface area contributed by atoms with Crippen LogP contribution in [0.1, 0.15) is 40.9 Å². The van der Waals surface area contributed by atoms with Crippen molar-refractivity contribution in [2.24, 2.45) is 0 Å². The van der Waals surface area contributed by atoms with Gasteiger partial charge in [-0.15, -0.1) is 11.3 Å². The van der Waals surface area contributed by atoms with Gasteiger partial charge in [-0.3, -0.25) is 19.6 Å². The van der Waals surface area contributed by atoms with Crippen LogP contribution in [0.25, 0.3) is 0 Å². The third-order valence-electron chi connectivity index (χ3n) is 3.66. The highest BCUT2D eigenvalue weighted by Gasteiger charge is 2.26. The van der Waals surface area contributed by atoms with Gasteiger partial charge in [0.15, 0.2) is 0 Å². The maximum atomic E-state index is 12.0. The zero-order valence-electron chi connectivity index (χ0n) is 12.6. The number of nitro groups is 1. The largest absolute Gasteiger partial charge is 0.456 e. The number of hydrogen-bond donors (Lipinski definition) is 0.